The van der Waals surface area contributed by atoms with Gasteiger partial charge in [0, 0.05) is 36.3 Å². The lowest BCUT2D eigenvalue weighted by atomic mass is 10.1. The summed E-state index contributed by atoms with van der Waals surface area (Å²) >= 11 is 1.46. The standard InChI is InChI=1S/C22H23N9O4S/c1-12-10-36-20(25-12)17-7-14(26-19(33)16-8-18(32)29(2)22(35)27-16)9-30(17)21(34)13-3-5-15(6-4-13)31-24-11-23-28-31/h3-6,10-11,14,16-17H,7-9H2,1-2H3,(H,26,33)(H,27,35)/t14-,16-,17-/m0/s1. The number of benzene rings is 1. The van der Waals surface area contributed by atoms with E-state index in [0.717, 1.165) is 15.6 Å². The van der Waals surface area contributed by atoms with Gasteiger partial charge < -0.3 is 15.5 Å². The molecule has 1 aromatic carbocycles. The maximum atomic E-state index is 13.5. The summed E-state index contributed by atoms with van der Waals surface area (Å²) in [5.41, 5.74) is 1.99. The summed E-state index contributed by atoms with van der Waals surface area (Å²) in [4.78, 5) is 58.9. The zero-order valence-corrected chi connectivity index (χ0v) is 20.3. The van der Waals surface area contributed by atoms with Gasteiger partial charge in [0.2, 0.25) is 11.8 Å². The maximum Gasteiger partial charge on any atom is 0.324 e. The predicted octanol–water partition coefficient (Wildman–Crippen LogP) is 0.440. The number of nitrogens with zero attached hydrogens (tertiary/aromatic N) is 7. The van der Waals surface area contributed by atoms with Crippen LogP contribution in [-0.4, -0.2) is 84.4 Å². The van der Waals surface area contributed by atoms with Crippen LogP contribution in [0.15, 0.2) is 36.0 Å². The number of thiazole rings is 1. The van der Waals surface area contributed by atoms with Crippen molar-refractivity contribution in [1.82, 2.24) is 45.6 Å². The molecule has 0 aliphatic carbocycles. The number of aromatic nitrogens is 5. The van der Waals surface area contributed by atoms with E-state index in [1.54, 1.807) is 29.2 Å². The molecule has 2 saturated heterocycles. The lowest BCUT2D eigenvalue weighted by Crippen LogP contribution is -2.59. The van der Waals surface area contributed by atoms with E-state index in [4.69, 9.17) is 0 Å². The van der Waals surface area contributed by atoms with Gasteiger partial charge in [0.05, 0.1) is 18.2 Å². The number of tetrazole rings is 1. The van der Waals surface area contributed by atoms with Crippen molar-refractivity contribution < 1.29 is 19.2 Å². The van der Waals surface area contributed by atoms with E-state index < -0.39 is 23.9 Å². The maximum absolute atomic E-state index is 13.5. The lowest BCUT2D eigenvalue weighted by Gasteiger charge is -2.28. The van der Waals surface area contributed by atoms with E-state index >= 15 is 0 Å². The fourth-order valence-corrected chi connectivity index (χ4v) is 5.22. The third kappa shape index (κ3) is 4.54. The molecule has 13 nitrogen and oxygen atoms in total. The van der Waals surface area contributed by atoms with Crippen molar-refractivity contribution in [3.8, 4) is 5.69 Å². The van der Waals surface area contributed by atoms with E-state index in [9.17, 15) is 19.2 Å². The molecule has 3 aromatic rings. The summed E-state index contributed by atoms with van der Waals surface area (Å²) in [6.07, 6.45) is 1.66. The predicted molar refractivity (Wildman–Crippen MR) is 126 cm³/mol. The van der Waals surface area contributed by atoms with Crippen LogP contribution in [0.5, 0.6) is 0 Å². The summed E-state index contributed by atoms with van der Waals surface area (Å²) in [5, 5.41) is 19.7. The minimum Gasteiger partial charge on any atom is -0.350 e. The average molecular weight is 510 g/mol. The minimum absolute atomic E-state index is 0.120. The smallest absolute Gasteiger partial charge is 0.324 e. The molecule has 2 aliphatic heterocycles. The van der Waals surface area contributed by atoms with Gasteiger partial charge in [-0.05, 0) is 42.8 Å². The fourth-order valence-electron chi connectivity index (χ4n) is 4.29. The Labute approximate surface area is 209 Å². The van der Waals surface area contributed by atoms with Gasteiger partial charge in [0.15, 0.2) is 6.33 Å². The number of imide groups is 1. The molecule has 4 heterocycles. The SMILES string of the molecule is Cc1csc([C@@H]2C[C@H](NC(=O)[C@@H]3CC(=O)N(C)C(=O)N3)CN2C(=O)c2ccc(-n3ncnn3)cc2)n1. The van der Waals surface area contributed by atoms with Crippen LogP contribution in [0.3, 0.4) is 0 Å². The number of aryl methyl sites for hydroxylation is 1. The molecule has 0 bridgehead atoms. The van der Waals surface area contributed by atoms with Crippen LogP contribution in [0.25, 0.3) is 5.69 Å². The van der Waals surface area contributed by atoms with Crippen LogP contribution in [0.1, 0.15) is 39.9 Å². The molecule has 0 spiro atoms. The van der Waals surface area contributed by atoms with Crippen molar-refractivity contribution in [2.45, 2.75) is 37.9 Å². The molecule has 14 heteroatoms. The van der Waals surface area contributed by atoms with Crippen molar-refractivity contribution in [2.75, 3.05) is 13.6 Å². The number of carbonyl (C=O) groups excluding carboxylic acids is 4. The normalized spacial score (nSPS) is 22.0. The number of nitrogens with one attached hydrogen (secondary N) is 2. The van der Waals surface area contributed by atoms with Crippen molar-refractivity contribution in [3.05, 3.63) is 52.2 Å². The van der Waals surface area contributed by atoms with Gasteiger partial charge in [-0.25, -0.2) is 9.78 Å². The Hall–Kier alpha value is -4.20. The Morgan fingerprint density at radius 1 is 1.19 bits per heavy atom. The summed E-state index contributed by atoms with van der Waals surface area (Å²) in [6.45, 7) is 2.14. The second kappa shape index (κ2) is 9.45. The summed E-state index contributed by atoms with van der Waals surface area (Å²) in [5.74, 6) is -1.09. The van der Waals surface area contributed by atoms with Gasteiger partial charge in [0.1, 0.15) is 11.0 Å². The summed E-state index contributed by atoms with van der Waals surface area (Å²) in [6, 6.07) is 4.57. The molecule has 2 aliphatic rings. The molecule has 186 valence electrons. The number of hydrogen-bond donors (Lipinski definition) is 2. The van der Waals surface area contributed by atoms with Gasteiger partial charge in [-0.15, -0.1) is 26.3 Å². The molecular weight excluding hydrogens is 486 g/mol. The molecule has 0 unspecified atom stereocenters. The van der Waals surface area contributed by atoms with E-state index in [1.807, 2.05) is 12.3 Å². The van der Waals surface area contributed by atoms with E-state index in [0.29, 0.717) is 17.7 Å². The molecule has 3 atom stereocenters. The van der Waals surface area contributed by atoms with Crippen LogP contribution in [0.4, 0.5) is 4.79 Å². The fraction of sp³-hybridized carbons (Fsp3) is 0.364. The Balaban J connectivity index is 1.33. The van der Waals surface area contributed by atoms with E-state index in [-0.39, 0.29) is 31.0 Å². The molecule has 5 rings (SSSR count). The minimum atomic E-state index is -0.954. The molecule has 36 heavy (non-hydrogen) atoms. The van der Waals surface area contributed by atoms with Crippen LogP contribution in [-0.2, 0) is 9.59 Å². The van der Waals surface area contributed by atoms with Crippen molar-refractivity contribution >= 4 is 35.1 Å². The van der Waals surface area contributed by atoms with Gasteiger partial charge in [0.25, 0.3) is 5.91 Å². The highest BCUT2D eigenvalue weighted by Gasteiger charge is 2.41. The first-order valence-electron chi connectivity index (χ1n) is 11.2. The second-order valence-electron chi connectivity index (χ2n) is 8.67. The molecule has 5 amide bonds. The van der Waals surface area contributed by atoms with E-state index in [1.165, 1.54) is 29.5 Å². The van der Waals surface area contributed by atoms with Gasteiger partial charge in [-0.2, -0.15) is 0 Å². The average Bonchev–Trinajstić information content (AvgIpc) is 3.63. The molecule has 2 N–H and O–H groups in total. The number of rotatable bonds is 5. The largest absolute Gasteiger partial charge is 0.350 e. The molecule has 2 fully saturated rings. The highest BCUT2D eigenvalue weighted by Crippen LogP contribution is 2.35. The van der Waals surface area contributed by atoms with Crippen molar-refractivity contribution in [3.63, 3.8) is 0 Å². The second-order valence-corrected chi connectivity index (χ2v) is 9.56. The van der Waals surface area contributed by atoms with Gasteiger partial charge in [-0.3, -0.25) is 19.3 Å². The molecule has 0 radical (unpaired) electrons. The summed E-state index contributed by atoms with van der Waals surface area (Å²) in [7, 11) is 1.36. The first kappa shape index (κ1) is 23.5. The number of hydrogen-bond acceptors (Lipinski definition) is 9. The first-order valence-corrected chi connectivity index (χ1v) is 12.1. The Morgan fingerprint density at radius 2 is 1.97 bits per heavy atom. The van der Waals surface area contributed by atoms with Crippen molar-refractivity contribution in [1.29, 1.82) is 0 Å². The number of urea groups is 1. The topological polar surface area (TPSA) is 155 Å². The number of likely N-dealkylation sites (tertiary alicyclic amines) is 1. The van der Waals surface area contributed by atoms with Gasteiger partial charge >= 0.3 is 6.03 Å². The van der Waals surface area contributed by atoms with Crippen LogP contribution in [0, 0.1) is 6.92 Å². The Morgan fingerprint density at radius 3 is 2.61 bits per heavy atom. The molecular formula is C22H23N9O4S. The zero-order chi connectivity index (χ0) is 25.4. The quantitative estimate of drug-likeness (QED) is 0.502. The zero-order valence-electron chi connectivity index (χ0n) is 19.5. The number of amides is 5. The Kier molecular flexibility index (Phi) is 6.18. The highest BCUT2D eigenvalue weighted by atomic mass is 32.1. The van der Waals surface area contributed by atoms with Gasteiger partial charge in [-0.1, -0.05) is 0 Å². The van der Waals surface area contributed by atoms with Crippen LogP contribution >= 0.6 is 11.3 Å². The Bertz CT molecular complexity index is 1290. The summed E-state index contributed by atoms with van der Waals surface area (Å²) < 4.78 is 0. The highest BCUT2D eigenvalue weighted by molar-refractivity contribution is 7.09. The molecule has 2 aromatic heterocycles. The first-order chi connectivity index (χ1) is 17.3. The molecule has 0 saturated carbocycles. The third-order valence-electron chi connectivity index (χ3n) is 6.20. The van der Waals surface area contributed by atoms with E-state index in [2.05, 4.69) is 31.0 Å². The monoisotopic (exact) mass is 509 g/mol. The number of carbonyl (C=O) groups is 4. The van der Waals surface area contributed by atoms with Crippen LogP contribution < -0.4 is 10.6 Å². The lowest BCUT2D eigenvalue weighted by molar-refractivity contribution is -0.134. The third-order valence-corrected chi connectivity index (χ3v) is 7.26. The van der Waals surface area contributed by atoms with Crippen molar-refractivity contribution in [2.24, 2.45) is 0 Å². The van der Waals surface area contributed by atoms with Crippen LogP contribution in [0.2, 0.25) is 0 Å².